The molecule has 12 heavy (non-hydrogen) atoms. The molecule has 0 spiro atoms. The Hall–Kier alpha value is -1.00. The topological polar surface area (TPSA) is 23.8 Å². The number of hydrogen-bond donors (Lipinski definition) is 0. The molecule has 1 saturated carbocycles. The molecule has 60 valence electrons. The maximum absolute atomic E-state index is 8.62. The van der Waals surface area contributed by atoms with E-state index in [4.69, 9.17) is 16.9 Å². The highest BCUT2D eigenvalue weighted by atomic mass is 35.5. The Kier molecular flexibility index (Phi) is 1.78. The van der Waals surface area contributed by atoms with Crippen LogP contribution in [0.3, 0.4) is 0 Å². The van der Waals surface area contributed by atoms with Gasteiger partial charge < -0.3 is 0 Å². The Morgan fingerprint density at radius 1 is 1.33 bits per heavy atom. The van der Waals surface area contributed by atoms with Gasteiger partial charge in [-0.2, -0.15) is 5.26 Å². The van der Waals surface area contributed by atoms with E-state index in [1.807, 2.05) is 24.3 Å². The normalized spacial score (nSPS) is 26.3. The second kappa shape index (κ2) is 2.80. The highest BCUT2D eigenvalue weighted by Gasteiger charge is 2.38. The molecule has 0 radical (unpaired) electrons. The van der Waals surface area contributed by atoms with Crippen molar-refractivity contribution in [2.75, 3.05) is 0 Å². The van der Waals surface area contributed by atoms with Crippen LogP contribution in [0.25, 0.3) is 0 Å². The molecule has 2 rings (SSSR count). The van der Waals surface area contributed by atoms with Crippen molar-refractivity contribution in [3.05, 3.63) is 34.9 Å². The van der Waals surface area contributed by atoms with Crippen molar-refractivity contribution in [2.24, 2.45) is 5.92 Å². The zero-order valence-corrected chi connectivity index (χ0v) is 7.25. The van der Waals surface area contributed by atoms with E-state index >= 15 is 0 Å². The summed E-state index contributed by atoms with van der Waals surface area (Å²) in [6.45, 7) is 0. The fourth-order valence-corrected chi connectivity index (χ4v) is 1.54. The standard InChI is InChI=1S/C10H8ClN/c11-9-3-1-7(2-4-9)10-5-8(10)6-12/h1-4,8,10H,5H2. The van der Waals surface area contributed by atoms with Gasteiger partial charge in [-0.25, -0.2) is 0 Å². The second-order valence-corrected chi connectivity index (χ2v) is 3.57. The van der Waals surface area contributed by atoms with Crippen LogP contribution < -0.4 is 0 Å². The summed E-state index contributed by atoms with van der Waals surface area (Å²) >= 11 is 5.74. The molecule has 1 aromatic rings. The lowest BCUT2D eigenvalue weighted by atomic mass is 10.1. The lowest BCUT2D eigenvalue weighted by Crippen LogP contribution is -1.79. The van der Waals surface area contributed by atoms with Crippen molar-refractivity contribution in [1.29, 1.82) is 5.26 Å². The van der Waals surface area contributed by atoms with Gasteiger partial charge in [0.05, 0.1) is 12.0 Å². The van der Waals surface area contributed by atoms with E-state index in [-0.39, 0.29) is 5.92 Å². The van der Waals surface area contributed by atoms with Crippen molar-refractivity contribution in [1.82, 2.24) is 0 Å². The van der Waals surface area contributed by atoms with Gasteiger partial charge >= 0.3 is 0 Å². The number of benzene rings is 1. The summed E-state index contributed by atoms with van der Waals surface area (Å²) in [5.41, 5.74) is 1.24. The molecular weight excluding hydrogens is 170 g/mol. The summed E-state index contributed by atoms with van der Waals surface area (Å²) in [5.74, 6) is 0.707. The summed E-state index contributed by atoms with van der Waals surface area (Å²) in [5, 5.41) is 9.37. The van der Waals surface area contributed by atoms with Gasteiger partial charge in [0.15, 0.2) is 0 Å². The lowest BCUT2D eigenvalue weighted by molar-refractivity contribution is 1.02. The van der Waals surface area contributed by atoms with Crippen molar-refractivity contribution in [2.45, 2.75) is 12.3 Å². The molecule has 1 aliphatic rings. The van der Waals surface area contributed by atoms with Gasteiger partial charge in [0.2, 0.25) is 0 Å². The van der Waals surface area contributed by atoms with Crippen molar-refractivity contribution in [3.8, 4) is 6.07 Å². The van der Waals surface area contributed by atoms with E-state index in [0.717, 1.165) is 11.4 Å². The zero-order valence-electron chi connectivity index (χ0n) is 6.50. The predicted octanol–water partition coefficient (Wildman–Crippen LogP) is 2.97. The first kappa shape index (κ1) is 7.64. The third-order valence-electron chi connectivity index (χ3n) is 2.25. The number of nitrogens with zero attached hydrogens (tertiary/aromatic N) is 1. The van der Waals surface area contributed by atoms with Gasteiger partial charge in [-0.1, -0.05) is 23.7 Å². The second-order valence-electron chi connectivity index (χ2n) is 3.13. The molecular formula is C10H8ClN. The molecule has 1 fully saturated rings. The van der Waals surface area contributed by atoms with Gasteiger partial charge in [-0.3, -0.25) is 0 Å². The predicted molar refractivity (Wildman–Crippen MR) is 47.9 cm³/mol. The van der Waals surface area contributed by atoms with E-state index in [1.165, 1.54) is 5.56 Å². The molecule has 2 heteroatoms. The van der Waals surface area contributed by atoms with Crippen LogP contribution in [0.15, 0.2) is 24.3 Å². The van der Waals surface area contributed by atoms with Crippen LogP contribution in [-0.2, 0) is 0 Å². The average Bonchev–Trinajstić information content (AvgIpc) is 2.85. The molecule has 0 bridgehead atoms. The van der Waals surface area contributed by atoms with Crippen LogP contribution in [0, 0.1) is 17.2 Å². The minimum absolute atomic E-state index is 0.242. The number of halogens is 1. The SMILES string of the molecule is N#CC1CC1c1ccc(Cl)cc1. The van der Waals surface area contributed by atoms with Gasteiger partial charge in [0, 0.05) is 10.9 Å². The maximum atomic E-state index is 8.62. The number of hydrogen-bond acceptors (Lipinski definition) is 1. The molecule has 1 aromatic carbocycles. The van der Waals surface area contributed by atoms with Crippen molar-refractivity contribution in [3.63, 3.8) is 0 Å². The Bertz CT molecular complexity index is 323. The van der Waals surface area contributed by atoms with E-state index < -0.39 is 0 Å². The van der Waals surface area contributed by atoms with Gasteiger partial charge in [0.25, 0.3) is 0 Å². The molecule has 1 aliphatic carbocycles. The van der Waals surface area contributed by atoms with Crippen LogP contribution in [-0.4, -0.2) is 0 Å². The summed E-state index contributed by atoms with van der Waals surface area (Å²) in [6, 6.07) is 10.0. The summed E-state index contributed by atoms with van der Waals surface area (Å²) in [7, 11) is 0. The largest absolute Gasteiger partial charge is 0.198 e. The monoisotopic (exact) mass is 177 g/mol. The Morgan fingerprint density at radius 2 is 2.00 bits per heavy atom. The molecule has 0 aromatic heterocycles. The van der Waals surface area contributed by atoms with E-state index in [1.54, 1.807) is 0 Å². The third-order valence-corrected chi connectivity index (χ3v) is 2.51. The molecule has 0 amide bonds. The Labute approximate surface area is 76.6 Å². The minimum Gasteiger partial charge on any atom is -0.198 e. The first-order valence-corrected chi connectivity index (χ1v) is 4.34. The van der Waals surface area contributed by atoms with Crippen LogP contribution >= 0.6 is 11.6 Å². The van der Waals surface area contributed by atoms with E-state index in [9.17, 15) is 0 Å². The Balaban J connectivity index is 2.17. The molecule has 1 nitrogen and oxygen atoms in total. The molecule has 2 atom stereocenters. The van der Waals surface area contributed by atoms with Crippen molar-refractivity contribution < 1.29 is 0 Å². The van der Waals surface area contributed by atoms with Crippen LogP contribution in [0.5, 0.6) is 0 Å². The molecule has 0 aliphatic heterocycles. The zero-order chi connectivity index (χ0) is 8.55. The third kappa shape index (κ3) is 1.31. The van der Waals surface area contributed by atoms with Crippen LogP contribution in [0.2, 0.25) is 5.02 Å². The molecule has 0 saturated heterocycles. The Morgan fingerprint density at radius 3 is 2.50 bits per heavy atom. The average molecular weight is 178 g/mol. The summed E-state index contributed by atoms with van der Waals surface area (Å²) in [6.07, 6.45) is 1.01. The fourth-order valence-electron chi connectivity index (χ4n) is 1.42. The highest BCUT2D eigenvalue weighted by Crippen LogP contribution is 2.46. The smallest absolute Gasteiger partial charge is 0.0662 e. The molecule has 0 N–H and O–H groups in total. The van der Waals surface area contributed by atoms with Gasteiger partial charge in [-0.05, 0) is 24.1 Å². The number of rotatable bonds is 1. The summed E-state index contributed by atoms with van der Waals surface area (Å²) < 4.78 is 0. The number of nitriles is 1. The van der Waals surface area contributed by atoms with Crippen LogP contribution in [0.1, 0.15) is 17.9 Å². The van der Waals surface area contributed by atoms with Gasteiger partial charge in [-0.15, -0.1) is 0 Å². The lowest BCUT2D eigenvalue weighted by Gasteiger charge is -1.96. The quantitative estimate of drug-likeness (QED) is 0.647. The fraction of sp³-hybridized carbons (Fsp3) is 0.300. The minimum atomic E-state index is 0.242. The van der Waals surface area contributed by atoms with Crippen molar-refractivity contribution >= 4 is 11.6 Å². The van der Waals surface area contributed by atoms with Gasteiger partial charge in [0.1, 0.15) is 0 Å². The highest BCUT2D eigenvalue weighted by molar-refractivity contribution is 6.30. The molecule has 2 unspecified atom stereocenters. The maximum Gasteiger partial charge on any atom is 0.0662 e. The van der Waals surface area contributed by atoms with E-state index in [2.05, 4.69) is 6.07 Å². The van der Waals surface area contributed by atoms with Crippen LogP contribution in [0.4, 0.5) is 0 Å². The van der Waals surface area contributed by atoms with E-state index in [0.29, 0.717) is 5.92 Å². The molecule has 0 heterocycles. The summed E-state index contributed by atoms with van der Waals surface area (Å²) in [4.78, 5) is 0. The first-order valence-electron chi connectivity index (χ1n) is 3.96. The first-order chi connectivity index (χ1) is 5.81.